The van der Waals surface area contributed by atoms with Crippen molar-refractivity contribution in [2.24, 2.45) is 0 Å². The number of likely N-dealkylation sites (tertiary alicyclic amines) is 1. The molecule has 2 aliphatic rings. The lowest BCUT2D eigenvalue weighted by molar-refractivity contribution is -0.133. The van der Waals surface area contributed by atoms with Crippen LogP contribution in [-0.2, 0) is 17.8 Å². The zero-order valence-electron chi connectivity index (χ0n) is 24.5. The molecule has 10 nitrogen and oxygen atoms in total. The third-order valence-corrected chi connectivity index (χ3v) is 8.60. The Morgan fingerprint density at radius 1 is 1.05 bits per heavy atom. The highest BCUT2D eigenvalue weighted by Gasteiger charge is 2.31. The number of likely N-dealkylation sites (N-methyl/N-ethyl adjacent to an activating group) is 1. The summed E-state index contributed by atoms with van der Waals surface area (Å²) in [6, 6.07) is 15.6. The number of carbonyl (C=O) groups is 2. The van der Waals surface area contributed by atoms with Gasteiger partial charge in [0.1, 0.15) is 25.1 Å². The minimum Gasteiger partial charge on any atom is -0.476 e. The van der Waals surface area contributed by atoms with Crippen molar-refractivity contribution in [2.75, 3.05) is 52.2 Å². The lowest BCUT2D eigenvalue weighted by Crippen LogP contribution is -2.50. The standard InChI is InChI=1S/C32H36ClN7O3/c1-37(2)17-18-43-31-29-25(24-8-4-5-9-26(24)33)19-39(30(29)34-21-35-31)20-28(41)38-14-12-23(13-15-38)40-16-11-22-7-3-6-10-27(22)36-32(40)42/h3-10,19,21,23H,11-18,20H2,1-2H3,(H,36,42). The fraction of sp³-hybridized carbons (Fsp3) is 0.375. The molecule has 4 heterocycles. The molecule has 2 aromatic carbocycles. The molecule has 2 aliphatic heterocycles. The van der Waals surface area contributed by atoms with Gasteiger partial charge >= 0.3 is 6.03 Å². The van der Waals surface area contributed by atoms with E-state index in [4.69, 9.17) is 16.3 Å². The Morgan fingerprint density at radius 3 is 2.60 bits per heavy atom. The van der Waals surface area contributed by atoms with Gasteiger partial charge in [-0.2, -0.15) is 0 Å². The number of benzene rings is 2. The van der Waals surface area contributed by atoms with E-state index < -0.39 is 0 Å². The van der Waals surface area contributed by atoms with E-state index in [1.54, 1.807) is 0 Å². The van der Waals surface area contributed by atoms with Crippen molar-refractivity contribution in [1.29, 1.82) is 0 Å². The van der Waals surface area contributed by atoms with Gasteiger partial charge in [0.15, 0.2) is 0 Å². The van der Waals surface area contributed by atoms with Crippen molar-refractivity contribution < 1.29 is 14.3 Å². The molecule has 0 atom stereocenters. The van der Waals surface area contributed by atoms with Crippen LogP contribution in [0, 0.1) is 0 Å². The number of nitrogens with one attached hydrogen (secondary N) is 1. The molecule has 0 unspecified atom stereocenters. The molecule has 224 valence electrons. The Hall–Kier alpha value is -4.15. The van der Waals surface area contributed by atoms with Gasteiger partial charge in [0.25, 0.3) is 0 Å². The Kier molecular flexibility index (Phi) is 8.49. The third kappa shape index (κ3) is 6.16. The van der Waals surface area contributed by atoms with Crippen molar-refractivity contribution in [2.45, 2.75) is 31.8 Å². The molecule has 1 saturated heterocycles. The van der Waals surface area contributed by atoms with Gasteiger partial charge in [0.2, 0.25) is 11.8 Å². The zero-order valence-corrected chi connectivity index (χ0v) is 25.3. The van der Waals surface area contributed by atoms with Gasteiger partial charge in [-0.25, -0.2) is 14.8 Å². The molecule has 4 aromatic rings. The Morgan fingerprint density at radius 2 is 1.81 bits per heavy atom. The SMILES string of the molecule is CN(C)CCOc1ncnc2c1c(-c1ccccc1Cl)cn2CC(=O)N1CCC(N2CCc3ccccc3NC2=O)CC1. The number of piperidine rings is 1. The second-order valence-electron chi connectivity index (χ2n) is 11.3. The molecule has 6 rings (SSSR count). The molecule has 0 aliphatic carbocycles. The van der Waals surface area contributed by atoms with Gasteiger partial charge in [-0.1, -0.05) is 48.0 Å². The summed E-state index contributed by atoms with van der Waals surface area (Å²) < 4.78 is 7.96. The average Bonchev–Trinajstić information content (AvgIpc) is 3.27. The summed E-state index contributed by atoms with van der Waals surface area (Å²) in [5, 5.41) is 4.39. The van der Waals surface area contributed by atoms with E-state index in [2.05, 4.69) is 21.4 Å². The molecular formula is C32H36ClN7O3. The van der Waals surface area contributed by atoms with Gasteiger partial charge < -0.3 is 29.3 Å². The van der Waals surface area contributed by atoms with Crippen LogP contribution in [0.25, 0.3) is 22.2 Å². The topological polar surface area (TPSA) is 95.8 Å². The fourth-order valence-corrected chi connectivity index (χ4v) is 6.18. The van der Waals surface area contributed by atoms with E-state index >= 15 is 0 Å². The van der Waals surface area contributed by atoms with Crippen LogP contribution in [0.1, 0.15) is 18.4 Å². The number of ether oxygens (including phenoxy) is 1. The fourth-order valence-electron chi connectivity index (χ4n) is 5.95. The minimum atomic E-state index is -0.0658. The molecule has 43 heavy (non-hydrogen) atoms. The number of hydrogen-bond acceptors (Lipinski definition) is 6. The number of anilines is 1. The first-order valence-corrected chi connectivity index (χ1v) is 15.1. The molecule has 11 heteroatoms. The maximum Gasteiger partial charge on any atom is 0.322 e. The van der Waals surface area contributed by atoms with Gasteiger partial charge in [-0.15, -0.1) is 0 Å². The summed E-state index contributed by atoms with van der Waals surface area (Å²) in [5.74, 6) is 0.467. The van der Waals surface area contributed by atoms with E-state index in [9.17, 15) is 9.59 Å². The van der Waals surface area contributed by atoms with E-state index in [0.717, 1.165) is 53.6 Å². The lowest BCUT2D eigenvalue weighted by atomic mass is 10.0. The summed E-state index contributed by atoms with van der Waals surface area (Å²) in [6.07, 6.45) is 5.67. The number of halogens is 1. The molecular weight excluding hydrogens is 566 g/mol. The second kappa shape index (κ2) is 12.6. The van der Waals surface area contributed by atoms with Crippen molar-refractivity contribution in [3.63, 3.8) is 0 Å². The van der Waals surface area contributed by atoms with Gasteiger partial charge in [-0.05, 0) is 51.1 Å². The van der Waals surface area contributed by atoms with E-state index in [-0.39, 0.29) is 24.5 Å². The van der Waals surface area contributed by atoms with Gasteiger partial charge in [0.05, 0.1) is 5.39 Å². The Bertz CT molecular complexity index is 1630. The number of hydrogen-bond donors (Lipinski definition) is 1. The lowest BCUT2D eigenvalue weighted by Gasteiger charge is -2.38. The molecule has 0 bridgehead atoms. The van der Waals surface area contributed by atoms with Crippen molar-refractivity contribution in [3.8, 4) is 17.0 Å². The van der Waals surface area contributed by atoms with E-state index in [1.165, 1.54) is 6.33 Å². The van der Waals surface area contributed by atoms with Gasteiger partial charge in [-0.3, -0.25) is 4.79 Å². The van der Waals surface area contributed by atoms with Crippen LogP contribution in [-0.4, -0.2) is 94.1 Å². The molecule has 0 spiro atoms. The highest BCUT2D eigenvalue weighted by Crippen LogP contribution is 2.38. The van der Waals surface area contributed by atoms with Crippen LogP contribution in [0.3, 0.4) is 0 Å². The Labute approximate surface area is 256 Å². The molecule has 1 N–H and O–H groups in total. The van der Waals surface area contributed by atoms with Crippen LogP contribution in [0.15, 0.2) is 61.1 Å². The average molecular weight is 602 g/mol. The van der Waals surface area contributed by atoms with E-state index in [0.29, 0.717) is 42.8 Å². The third-order valence-electron chi connectivity index (χ3n) is 8.27. The van der Waals surface area contributed by atoms with E-state index in [1.807, 2.05) is 82.0 Å². The summed E-state index contributed by atoms with van der Waals surface area (Å²) in [5.41, 5.74) is 4.30. The first-order chi connectivity index (χ1) is 20.9. The number of fused-ring (bicyclic) bond motifs is 2. The van der Waals surface area contributed by atoms with Crippen molar-refractivity contribution in [1.82, 2.24) is 29.2 Å². The smallest absolute Gasteiger partial charge is 0.322 e. The van der Waals surface area contributed by atoms with Crippen LogP contribution >= 0.6 is 11.6 Å². The summed E-state index contributed by atoms with van der Waals surface area (Å²) in [4.78, 5) is 41.5. The number of amides is 3. The van der Waals surface area contributed by atoms with Crippen LogP contribution in [0.4, 0.5) is 10.5 Å². The number of rotatable bonds is 8. The number of para-hydroxylation sites is 1. The first-order valence-electron chi connectivity index (χ1n) is 14.7. The van der Waals surface area contributed by atoms with Crippen molar-refractivity contribution >= 4 is 40.3 Å². The Balaban J connectivity index is 1.18. The summed E-state index contributed by atoms with van der Waals surface area (Å²) >= 11 is 6.61. The quantitative estimate of drug-likeness (QED) is 0.312. The predicted molar refractivity (Wildman–Crippen MR) is 167 cm³/mol. The molecule has 2 aromatic heterocycles. The van der Waals surface area contributed by atoms with Crippen molar-refractivity contribution in [3.05, 3.63) is 71.6 Å². The second-order valence-corrected chi connectivity index (χ2v) is 11.7. The minimum absolute atomic E-state index is 0.00229. The number of nitrogens with zero attached hydrogens (tertiary/aromatic N) is 6. The monoisotopic (exact) mass is 601 g/mol. The number of aromatic nitrogens is 3. The summed E-state index contributed by atoms with van der Waals surface area (Å²) in [7, 11) is 3.97. The molecule has 3 amide bonds. The number of carbonyl (C=O) groups excluding carboxylic acids is 2. The van der Waals surface area contributed by atoms with Crippen LogP contribution in [0.2, 0.25) is 5.02 Å². The highest BCUT2D eigenvalue weighted by atomic mass is 35.5. The number of urea groups is 1. The zero-order chi connectivity index (χ0) is 29.9. The maximum atomic E-state index is 13.6. The van der Waals surface area contributed by atoms with Gasteiger partial charge in [0, 0.05) is 60.3 Å². The van der Waals surface area contributed by atoms with Crippen LogP contribution in [0.5, 0.6) is 5.88 Å². The van der Waals surface area contributed by atoms with Crippen LogP contribution < -0.4 is 10.1 Å². The maximum absolute atomic E-state index is 13.6. The molecule has 1 fully saturated rings. The highest BCUT2D eigenvalue weighted by molar-refractivity contribution is 6.33. The first kappa shape index (κ1) is 28.9. The predicted octanol–water partition coefficient (Wildman–Crippen LogP) is 4.77. The molecule has 0 saturated carbocycles. The molecule has 0 radical (unpaired) electrons. The largest absolute Gasteiger partial charge is 0.476 e. The summed E-state index contributed by atoms with van der Waals surface area (Å²) in [6.45, 7) is 3.16. The normalized spacial score (nSPS) is 15.9.